The molecule has 1 amide bonds. The van der Waals surface area contributed by atoms with Gasteiger partial charge in [-0.2, -0.15) is 5.26 Å². The van der Waals surface area contributed by atoms with Gasteiger partial charge < -0.3 is 25.7 Å². The molecule has 0 aromatic heterocycles. The van der Waals surface area contributed by atoms with Crippen LogP contribution in [-0.4, -0.2) is 24.9 Å². The quantitative estimate of drug-likeness (QED) is 0.686. The number of hydrogen-bond donors (Lipinski definition) is 2. The lowest BCUT2D eigenvalue weighted by Crippen LogP contribution is -2.33. The van der Waals surface area contributed by atoms with Gasteiger partial charge in [-0.15, -0.1) is 0 Å². The minimum Gasteiger partial charge on any atom is -0.490 e. The average molecular weight is 446 g/mol. The molecular weight excluding hydrogens is 422 g/mol. The van der Waals surface area contributed by atoms with Crippen molar-refractivity contribution in [1.82, 2.24) is 0 Å². The summed E-state index contributed by atoms with van der Waals surface area (Å²) >= 11 is 6.56. The van der Waals surface area contributed by atoms with Crippen LogP contribution in [0.1, 0.15) is 45.1 Å². The lowest BCUT2D eigenvalue weighted by molar-refractivity contribution is -0.120. The van der Waals surface area contributed by atoms with Gasteiger partial charge in [0.05, 0.1) is 12.5 Å². The zero-order valence-corrected chi connectivity index (χ0v) is 18.3. The van der Waals surface area contributed by atoms with Gasteiger partial charge in [0.1, 0.15) is 17.4 Å². The van der Waals surface area contributed by atoms with Crippen molar-refractivity contribution >= 4 is 23.3 Å². The number of hydrogen-bond acceptors (Lipinski definition) is 7. The molecule has 4 N–H and O–H groups in total. The van der Waals surface area contributed by atoms with E-state index in [0.717, 1.165) is 0 Å². The smallest absolute Gasteiger partial charge is 0.255 e. The summed E-state index contributed by atoms with van der Waals surface area (Å²) < 4.78 is 16.8. The Morgan fingerprint density at radius 1 is 1.32 bits per heavy atom. The molecule has 0 fully saturated rings. The first kappa shape index (κ1) is 22.5. The minimum atomic E-state index is -0.797. The predicted molar refractivity (Wildman–Crippen MR) is 113 cm³/mol. The van der Waals surface area contributed by atoms with Crippen LogP contribution in [0.3, 0.4) is 0 Å². The number of carbonyl (C=O) groups excluding carboxylic acids is 2. The molecule has 0 bridgehead atoms. The number of carbonyl (C=O) groups is 2. The average Bonchev–Trinajstić information content (AvgIpc) is 2.66. The molecule has 1 aromatic rings. The van der Waals surface area contributed by atoms with Gasteiger partial charge in [0.15, 0.2) is 23.9 Å². The summed E-state index contributed by atoms with van der Waals surface area (Å²) in [5.74, 6) is -0.655. The molecule has 9 heteroatoms. The van der Waals surface area contributed by atoms with Crippen LogP contribution in [0.5, 0.6) is 11.5 Å². The van der Waals surface area contributed by atoms with E-state index in [4.69, 9.17) is 37.3 Å². The van der Waals surface area contributed by atoms with Crippen molar-refractivity contribution < 1.29 is 23.8 Å². The van der Waals surface area contributed by atoms with E-state index in [1.165, 1.54) is 6.07 Å². The second-order valence-corrected chi connectivity index (χ2v) is 8.62. The highest BCUT2D eigenvalue weighted by Crippen LogP contribution is 2.50. The Morgan fingerprint density at radius 3 is 2.61 bits per heavy atom. The Balaban J connectivity index is 2.17. The number of amides is 1. The molecule has 0 saturated heterocycles. The van der Waals surface area contributed by atoms with Gasteiger partial charge in [0.25, 0.3) is 5.91 Å². The molecule has 2 aliphatic rings. The maximum Gasteiger partial charge on any atom is 0.255 e. The summed E-state index contributed by atoms with van der Waals surface area (Å²) in [5.41, 5.74) is 11.9. The van der Waals surface area contributed by atoms with E-state index in [2.05, 4.69) is 6.07 Å². The Kier molecular flexibility index (Phi) is 6.18. The highest BCUT2D eigenvalue weighted by atomic mass is 35.5. The van der Waals surface area contributed by atoms with Gasteiger partial charge in [-0.1, -0.05) is 25.4 Å². The number of ketones is 1. The number of ether oxygens (including phenoxy) is 3. The summed E-state index contributed by atoms with van der Waals surface area (Å²) in [6.07, 6.45) is 0.805. The molecule has 1 aromatic carbocycles. The van der Waals surface area contributed by atoms with Crippen molar-refractivity contribution in [1.29, 1.82) is 5.26 Å². The maximum atomic E-state index is 13.1. The molecule has 3 rings (SSSR count). The molecule has 0 spiro atoms. The number of rotatable bonds is 6. The Hall–Kier alpha value is -3.18. The van der Waals surface area contributed by atoms with Crippen molar-refractivity contribution in [2.75, 3.05) is 13.2 Å². The van der Waals surface area contributed by atoms with E-state index < -0.39 is 11.8 Å². The minimum absolute atomic E-state index is 0.0557. The fourth-order valence-corrected chi connectivity index (χ4v) is 4.16. The van der Waals surface area contributed by atoms with Crippen molar-refractivity contribution in [2.45, 2.75) is 39.5 Å². The summed E-state index contributed by atoms with van der Waals surface area (Å²) in [6, 6.07) is 5.13. The number of nitrogens with zero attached hydrogens (tertiary/aromatic N) is 1. The van der Waals surface area contributed by atoms with Gasteiger partial charge in [-0.3, -0.25) is 9.59 Å². The topological polar surface area (TPSA) is 138 Å². The first-order valence-electron chi connectivity index (χ1n) is 9.79. The monoisotopic (exact) mass is 445 g/mol. The fourth-order valence-electron chi connectivity index (χ4n) is 3.90. The zero-order valence-electron chi connectivity index (χ0n) is 17.6. The summed E-state index contributed by atoms with van der Waals surface area (Å²) in [4.78, 5) is 24.2. The van der Waals surface area contributed by atoms with E-state index in [-0.39, 0.29) is 40.0 Å². The third-order valence-corrected chi connectivity index (χ3v) is 5.45. The van der Waals surface area contributed by atoms with Crippen molar-refractivity contribution in [3.63, 3.8) is 0 Å². The van der Waals surface area contributed by atoms with Crippen LogP contribution in [-0.2, 0) is 14.3 Å². The second kappa shape index (κ2) is 8.52. The molecule has 1 atom stereocenters. The van der Waals surface area contributed by atoms with Gasteiger partial charge >= 0.3 is 0 Å². The molecule has 0 radical (unpaired) electrons. The van der Waals surface area contributed by atoms with Crippen molar-refractivity contribution in [3.05, 3.63) is 45.5 Å². The highest BCUT2D eigenvalue weighted by molar-refractivity contribution is 6.31. The highest BCUT2D eigenvalue weighted by Gasteiger charge is 2.43. The molecule has 0 saturated carbocycles. The number of Topliss-reactive ketones (excluding diaryl/α,β-unsaturated/α-hetero) is 1. The van der Waals surface area contributed by atoms with Crippen LogP contribution >= 0.6 is 11.6 Å². The maximum absolute atomic E-state index is 13.1. The molecule has 0 unspecified atom stereocenters. The SMILES string of the molecule is CCOc1cc([C@H]2C(C#N)=C(N)OC3=C2C(=O)CC(C)(C)C3)c(Cl)cc1OCC(N)=O. The predicted octanol–water partition coefficient (Wildman–Crippen LogP) is 3.05. The van der Waals surface area contributed by atoms with Crippen LogP contribution in [0.4, 0.5) is 0 Å². The number of primary amides is 1. The Morgan fingerprint density at radius 2 is 2.00 bits per heavy atom. The van der Waals surface area contributed by atoms with Crippen LogP contribution in [0.25, 0.3) is 0 Å². The summed E-state index contributed by atoms with van der Waals surface area (Å²) in [5, 5.41) is 10.0. The second-order valence-electron chi connectivity index (χ2n) is 8.21. The Bertz CT molecular complexity index is 1050. The lowest BCUT2D eigenvalue weighted by Gasteiger charge is -2.37. The van der Waals surface area contributed by atoms with E-state index in [0.29, 0.717) is 42.1 Å². The molecule has 1 heterocycles. The summed E-state index contributed by atoms with van der Waals surface area (Å²) in [7, 11) is 0. The Labute approximate surface area is 185 Å². The summed E-state index contributed by atoms with van der Waals surface area (Å²) in [6.45, 7) is 5.68. The standard InChI is InChI=1S/C22H24ClN3O5/c1-4-29-15-5-11(13(23)6-16(15)30-10-18(25)28)19-12(9-24)21(26)31-17-8-22(2,3)7-14(27)20(17)19/h5-6,19H,4,7-8,10,26H2,1-3H3,(H2,25,28)/t19-/m0/s1. The van der Waals surface area contributed by atoms with Crippen LogP contribution < -0.4 is 20.9 Å². The van der Waals surface area contributed by atoms with Crippen LogP contribution in [0.15, 0.2) is 34.9 Å². The molecule has 1 aliphatic heterocycles. The van der Waals surface area contributed by atoms with E-state index in [9.17, 15) is 14.9 Å². The van der Waals surface area contributed by atoms with Crippen LogP contribution in [0, 0.1) is 16.7 Å². The van der Waals surface area contributed by atoms with Gasteiger partial charge in [0, 0.05) is 29.5 Å². The lowest BCUT2D eigenvalue weighted by atomic mass is 9.70. The fraction of sp³-hybridized carbons (Fsp3) is 0.409. The number of benzene rings is 1. The molecule has 1 aliphatic carbocycles. The number of halogens is 1. The van der Waals surface area contributed by atoms with E-state index in [1.807, 2.05) is 13.8 Å². The molecule has 8 nitrogen and oxygen atoms in total. The third-order valence-electron chi connectivity index (χ3n) is 5.12. The largest absolute Gasteiger partial charge is 0.490 e. The number of allylic oxidation sites excluding steroid dienone is 3. The van der Waals surface area contributed by atoms with Crippen LogP contribution in [0.2, 0.25) is 5.02 Å². The van der Waals surface area contributed by atoms with Gasteiger partial charge in [-0.05, 0) is 24.0 Å². The van der Waals surface area contributed by atoms with Gasteiger partial charge in [-0.25, -0.2) is 0 Å². The van der Waals surface area contributed by atoms with Crippen molar-refractivity contribution in [3.8, 4) is 17.6 Å². The molecule has 31 heavy (non-hydrogen) atoms. The van der Waals surface area contributed by atoms with Crippen molar-refractivity contribution in [2.24, 2.45) is 16.9 Å². The van der Waals surface area contributed by atoms with E-state index >= 15 is 0 Å². The normalized spacial score (nSPS) is 20.0. The zero-order chi connectivity index (χ0) is 22.9. The first-order valence-corrected chi connectivity index (χ1v) is 10.2. The van der Waals surface area contributed by atoms with E-state index in [1.54, 1.807) is 13.0 Å². The number of nitrogens with two attached hydrogens (primary N) is 2. The number of nitriles is 1. The van der Waals surface area contributed by atoms with Gasteiger partial charge in [0.2, 0.25) is 5.88 Å². The molecular formula is C22H24ClN3O5. The third kappa shape index (κ3) is 4.47. The first-order chi connectivity index (χ1) is 14.6. The molecule has 164 valence electrons.